The molecule has 1 N–H and O–H groups in total. The van der Waals surface area contributed by atoms with E-state index < -0.39 is 11.9 Å². The van der Waals surface area contributed by atoms with Gasteiger partial charge in [0.2, 0.25) is 5.91 Å². The molecule has 0 saturated carbocycles. The number of halogens is 3. The number of amides is 1. The Labute approximate surface area is 138 Å². The number of hydrogen-bond donors (Lipinski definition) is 1. The molecular weight excluding hydrogens is 325 g/mol. The molecule has 0 radical (unpaired) electrons. The highest BCUT2D eigenvalue weighted by Gasteiger charge is 2.33. The molecule has 1 aliphatic rings. The van der Waals surface area contributed by atoms with E-state index >= 15 is 0 Å². The van der Waals surface area contributed by atoms with Gasteiger partial charge in [0.15, 0.2) is 5.69 Å². The summed E-state index contributed by atoms with van der Waals surface area (Å²) < 4.78 is 43.8. The van der Waals surface area contributed by atoms with Crippen LogP contribution in [0.3, 0.4) is 0 Å². The summed E-state index contributed by atoms with van der Waals surface area (Å²) in [6.45, 7) is 7.34. The SMILES string of the molecule is CC(C)C(CNC(=O)Cn1ccc(C(F)(F)F)n1)N1CCOCC1. The lowest BCUT2D eigenvalue weighted by molar-refractivity contribution is -0.141. The fourth-order valence-electron chi connectivity index (χ4n) is 2.72. The van der Waals surface area contributed by atoms with Crippen LogP contribution in [0, 0.1) is 5.92 Å². The van der Waals surface area contributed by atoms with Gasteiger partial charge in [0.05, 0.1) is 13.2 Å². The summed E-state index contributed by atoms with van der Waals surface area (Å²) in [4.78, 5) is 14.3. The van der Waals surface area contributed by atoms with Crippen LogP contribution in [0.5, 0.6) is 0 Å². The summed E-state index contributed by atoms with van der Waals surface area (Å²) in [5.41, 5.74) is -0.997. The first kappa shape index (κ1) is 18.7. The zero-order chi connectivity index (χ0) is 17.7. The number of carbonyl (C=O) groups is 1. The van der Waals surface area contributed by atoms with E-state index in [4.69, 9.17) is 4.74 Å². The Balaban J connectivity index is 1.85. The lowest BCUT2D eigenvalue weighted by Gasteiger charge is -2.36. The standard InChI is InChI=1S/C15H23F3N4O2/c1-11(2)12(21-5-7-24-8-6-21)9-19-14(23)10-22-4-3-13(20-22)15(16,17)18/h3-4,11-12H,5-10H2,1-2H3,(H,19,23). The number of ether oxygens (including phenoxy) is 1. The Morgan fingerprint density at radius 1 is 1.38 bits per heavy atom. The lowest BCUT2D eigenvalue weighted by atomic mass is 10.0. The molecule has 0 bridgehead atoms. The zero-order valence-corrected chi connectivity index (χ0v) is 13.8. The first-order valence-corrected chi connectivity index (χ1v) is 7.96. The first-order valence-electron chi connectivity index (χ1n) is 7.96. The second-order valence-electron chi connectivity index (χ2n) is 6.16. The molecule has 0 aromatic carbocycles. The molecule has 2 rings (SSSR count). The molecule has 1 aromatic heterocycles. The molecule has 2 heterocycles. The maximum absolute atomic E-state index is 12.5. The largest absolute Gasteiger partial charge is 0.435 e. The number of alkyl halides is 3. The number of hydrogen-bond acceptors (Lipinski definition) is 4. The number of nitrogens with one attached hydrogen (secondary N) is 1. The van der Waals surface area contributed by atoms with Gasteiger partial charge in [-0.25, -0.2) is 0 Å². The summed E-state index contributed by atoms with van der Waals surface area (Å²) in [6, 6.07) is 1.03. The molecule has 1 fully saturated rings. The van der Waals surface area contributed by atoms with Gasteiger partial charge in [-0.1, -0.05) is 13.8 Å². The van der Waals surface area contributed by atoms with Crippen molar-refractivity contribution >= 4 is 5.91 Å². The van der Waals surface area contributed by atoms with E-state index in [1.165, 1.54) is 0 Å². The van der Waals surface area contributed by atoms with Crippen molar-refractivity contribution in [2.75, 3.05) is 32.8 Å². The summed E-state index contributed by atoms with van der Waals surface area (Å²) in [7, 11) is 0. The van der Waals surface area contributed by atoms with Crippen molar-refractivity contribution in [2.24, 2.45) is 5.92 Å². The Hall–Kier alpha value is -1.61. The van der Waals surface area contributed by atoms with Crippen molar-refractivity contribution in [3.8, 4) is 0 Å². The minimum atomic E-state index is -4.50. The third kappa shape index (κ3) is 5.20. The van der Waals surface area contributed by atoms with Crippen LogP contribution in [-0.4, -0.2) is 59.5 Å². The van der Waals surface area contributed by atoms with E-state index in [2.05, 4.69) is 29.2 Å². The smallest absolute Gasteiger partial charge is 0.379 e. The fraction of sp³-hybridized carbons (Fsp3) is 0.733. The van der Waals surface area contributed by atoms with Crippen molar-refractivity contribution in [1.82, 2.24) is 20.0 Å². The molecule has 0 spiro atoms. The van der Waals surface area contributed by atoms with E-state index in [9.17, 15) is 18.0 Å². The quantitative estimate of drug-likeness (QED) is 0.844. The molecule has 1 aromatic rings. The number of nitrogens with zero attached hydrogens (tertiary/aromatic N) is 3. The van der Waals surface area contributed by atoms with Crippen LogP contribution in [0.2, 0.25) is 0 Å². The summed E-state index contributed by atoms with van der Waals surface area (Å²) in [6.07, 6.45) is -3.34. The summed E-state index contributed by atoms with van der Waals surface area (Å²) in [5.74, 6) is -0.0179. The highest BCUT2D eigenvalue weighted by molar-refractivity contribution is 5.75. The van der Waals surface area contributed by atoms with Gasteiger partial charge in [-0.05, 0) is 12.0 Å². The molecular formula is C15H23F3N4O2. The van der Waals surface area contributed by atoms with Crippen LogP contribution in [0.25, 0.3) is 0 Å². The van der Waals surface area contributed by atoms with Gasteiger partial charge in [0.1, 0.15) is 6.54 Å². The number of aromatic nitrogens is 2. The average Bonchev–Trinajstić information content (AvgIpc) is 2.97. The Bertz CT molecular complexity index is 539. The van der Waals surface area contributed by atoms with E-state index in [1.54, 1.807) is 0 Å². The second-order valence-corrected chi connectivity index (χ2v) is 6.16. The van der Waals surface area contributed by atoms with E-state index in [-0.39, 0.29) is 18.5 Å². The molecule has 1 saturated heterocycles. The zero-order valence-electron chi connectivity index (χ0n) is 13.8. The van der Waals surface area contributed by atoms with Gasteiger partial charge in [0, 0.05) is 31.9 Å². The molecule has 24 heavy (non-hydrogen) atoms. The summed E-state index contributed by atoms with van der Waals surface area (Å²) >= 11 is 0. The minimum absolute atomic E-state index is 0.168. The second kappa shape index (κ2) is 7.98. The monoisotopic (exact) mass is 348 g/mol. The fourth-order valence-corrected chi connectivity index (χ4v) is 2.72. The van der Waals surface area contributed by atoms with Gasteiger partial charge < -0.3 is 10.1 Å². The first-order chi connectivity index (χ1) is 11.3. The van der Waals surface area contributed by atoms with Gasteiger partial charge in [-0.2, -0.15) is 18.3 Å². The van der Waals surface area contributed by atoms with Crippen LogP contribution in [0.15, 0.2) is 12.3 Å². The summed E-state index contributed by atoms with van der Waals surface area (Å²) in [5, 5.41) is 6.17. The molecule has 1 amide bonds. The van der Waals surface area contributed by atoms with E-state index in [1.807, 2.05) is 0 Å². The topological polar surface area (TPSA) is 59.4 Å². The van der Waals surface area contributed by atoms with Crippen molar-refractivity contribution < 1.29 is 22.7 Å². The van der Waals surface area contributed by atoms with Gasteiger partial charge in [0.25, 0.3) is 0 Å². The van der Waals surface area contributed by atoms with Crippen LogP contribution in [0.4, 0.5) is 13.2 Å². The van der Waals surface area contributed by atoms with E-state index in [0.717, 1.165) is 30.0 Å². The normalized spacial score (nSPS) is 17.9. The van der Waals surface area contributed by atoms with Crippen LogP contribution in [0.1, 0.15) is 19.5 Å². The minimum Gasteiger partial charge on any atom is -0.379 e. The van der Waals surface area contributed by atoms with Crippen LogP contribution >= 0.6 is 0 Å². The van der Waals surface area contributed by atoms with Crippen molar-refractivity contribution in [1.29, 1.82) is 0 Å². The number of morpholine rings is 1. The maximum atomic E-state index is 12.5. The Morgan fingerprint density at radius 3 is 2.58 bits per heavy atom. The van der Waals surface area contributed by atoms with Crippen molar-refractivity contribution in [3.05, 3.63) is 18.0 Å². The third-order valence-electron chi connectivity index (χ3n) is 4.03. The maximum Gasteiger partial charge on any atom is 0.435 e. The highest BCUT2D eigenvalue weighted by Crippen LogP contribution is 2.27. The van der Waals surface area contributed by atoms with Gasteiger partial charge in [-0.3, -0.25) is 14.4 Å². The van der Waals surface area contributed by atoms with E-state index in [0.29, 0.717) is 25.7 Å². The number of carbonyl (C=O) groups excluding carboxylic acids is 1. The average molecular weight is 348 g/mol. The Kier molecular flexibility index (Phi) is 6.22. The van der Waals surface area contributed by atoms with Gasteiger partial charge >= 0.3 is 6.18 Å². The third-order valence-corrected chi connectivity index (χ3v) is 4.03. The molecule has 1 atom stereocenters. The van der Waals surface area contributed by atoms with Gasteiger partial charge in [-0.15, -0.1) is 0 Å². The Morgan fingerprint density at radius 2 is 2.04 bits per heavy atom. The molecule has 0 aliphatic carbocycles. The highest BCUT2D eigenvalue weighted by atomic mass is 19.4. The van der Waals surface area contributed by atoms with Crippen molar-refractivity contribution in [2.45, 2.75) is 32.6 Å². The predicted octanol–water partition coefficient (Wildman–Crippen LogP) is 1.37. The molecule has 9 heteroatoms. The van der Waals surface area contributed by atoms with Crippen LogP contribution < -0.4 is 5.32 Å². The predicted molar refractivity (Wildman–Crippen MR) is 81.3 cm³/mol. The van der Waals surface area contributed by atoms with Crippen LogP contribution in [-0.2, 0) is 22.3 Å². The molecule has 6 nitrogen and oxygen atoms in total. The molecule has 1 aliphatic heterocycles. The van der Waals surface area contributed by atoms with Crippen molar-refractivity contribution in [3.63, 3.8) is 0 Å². The number of rotatable bonds is 6. The lowest BCUT2D eigenvalue weighted by Crippen LogP contribution is -2.51. The molecule has 1 unspecified atom stereocenters. The molecule has 136 valence electrons.